The van der Waals surface area contributed by atoms with Crippen LogP contribution in [0.1, 0.15) is 41.0 Å². The molecular weight excluding hydrogens is 446 g/mol. The molecule has 2 amide bonds. The van der Waals surface area contributed by atoms with Crippen molar-refractivity contribution in [2.75, 3.05) is 38.6 Å². The molecule has 0 saturated carbocycles. The lowest BCUT2D eigenvalue weighted by atomic mass is 9.91. The molecule has 5 rings (SSSR count). The highest BCUT2D eigenvalue weighted by Gasteiger charge is 2.38. The highest BCUT2D eigenvalue weighted by molar-refractivity contribution is 5.89. The number of aryl methyl sites for hydroxylation is 1. The van der Waals surface area contributed by atoms with Gasteiger partial charge < -0.3 is 15.0 Å². The zero-order valence-electron chi connectivity index (χ0n) is 21.0. The van der Waals surface area contributed by atoms with Crippen LogP contribution >= 0.6 is 0 Å². The molecule has 184 valence electrons. The second-order valence-electron chi connectivity index (χ2n) is 9.70. The summed E-state index contributed by atoms with van der Waals surface area (Å²) in [7, 11) is 1.64. The zero-order chi connectivity index (χ0) is 24.9. The van der Waals surface area contributed by atoms with Gasteiger partial charge in [-0.15, -0.1) is 0 Å². The van der Waals surface area contributed by atoms with Gasteiger partial charge in [-0.1, -0.05) is 36.1 Å². The Hall–Kier alpha value is -3.75. The molecule has 2 fully saturated rings. The fourth-order valence-corrected chi connectivity index (χ4v) is 5.35. The largest absolute Gasteiger partial charge is 0.497 e. The Bertz CT molecular complexity index is 1260. The van der Waals surface area contributed by atoms with Crippen LogP contribution in [0.25, 0.3) is 0 Å². The normalized spacial score (nSPS) is 19.6. The van der Waals surface area contributed by atoms with Gasteiger partial charge in [0.05, 0.1) is 7.11 Å². The predicted octanol–water partition coefficient (Wildman–Crippen LogP) is 5.50. The first kappa shape index (κ1) is 24.0. The lowest BCUT2D eigenvalue weighted by molar-refractivity contribution is 0.197. The summed E-state index contributed by atoms with van der Waals surface area (Å²) in [6.45, 7) is 5.71. The molecule has 2 aliphatic heterocycles. The van der Waals surface area contributed by atoms with E-state index in [-0.39, 0.29) is 6.03 Å². The molecule has 0 spiro atoms. The molecule has 3 aromatic carbocycles. The number of hydrogen-bond acceptors (Lipinski definition) is 3. The van der Waals surface area contributed by atoms with Crippen molar-refractivity contribution in [3.8, 4) is 17.6 Å². The van der Waals surface area contributed by atoms with Crippen LogP contribution in [0.2, 0.25) is 0 Å². The van der Waals surface area contributed by atoms with E-state index >= 15 is 0 Å². The molecular formula is C31H33N3O2. The van der Waals surface area contributed by atoms with Crippen LogP contribution in [-0.2, 0) is 0 Å². The van der Waals surface area contributed by atoms with Crippen LogP contribution in [0.3, 0.4) is 0 Å². The van der Waals surface area contributed by atoms with Crippen molar-refractivity contribution in [2.45, 2.75) is 31.7 Å². The molecule has 2 heterocycles. The number of fused-ring (bicyclic) bond motifs is 1. The standard InChI is InChI=1S/C31H33N3O2/c1-23-5-3-6-25(21-23)8-7-24-9-11-26(12-10-24)29-17-20-33-18-4-19-34(22-30(29)33)31(35)32-27-13-15-28(36-2)16-14-27/h3,5-6,9-16,21,29-30H,4,17-20,22H2,1-2H3,(H,32,35)/t29-,30+/m1/s1. The maximum Gasteiger partial charge on any atom is 0.321 e. The quantitative estimate of drug-likeness (QED) is 0.505. The van der Waals surface area contributed by atoms with E-state index in [0.29, 0.717) is 12.0 Å². The number of ether oxygens (including phenoxy) is 1. The van der Waals surface area contributed by atoms with Crippen molar-refractivity contribution in [1.29, 1.82) is 0 Å². The van der Waals surface area contributed by atoms with E-state index in [1.807, 2.05) is 41.3 Å². The van der Waals surface area contributed by atoms with Gasteiger partial charge in [-0.3, -0.25) is 4.90 Å². The molecule has 0 aromatic heterocycles. The summed E-state index contributed by atoms with van der Waals surface area (Å²) in [6.07, 6.45) is 2.11. The van der Waals surface area contributed by atoms with Crippen molar-refractivity contribution in [2.24, 2.45) is 0 Å². The lowest BCUT2D eigenvalue weighted by Gasteiger charge is -2.30. The second-order valence-corrected chi connectivity index (χ2v) is 9.70. The molecule has 36 heavy (non-hydrogen) atoms. The molecule has 0 unspecified atom stereocenters. The Labute approximate surface area is 214 Å². The Morgan fingerprint density at radius 3 is 2.47 bits per heavy atom. The van der Waals surface area contributed by atoms with Crippen molar-refractivity contribution in [3.63, 3.8) is 0 Å². The molecule has 2 atom stereocenters. The smallest absolute Gasteiger partial charge is 0.321 e. The SMILES string of the molecule is COc1ccc(NC(=O)N2CCCN3CC[C@H](c4ccc(C#Cc5cccc(C)c5)cc4)[C@@H]3C2)cc1. The Balaban J connectivity index is 1.26. The number of nitrogens with zero attached hydrogens (tertiary/aromatic N) is 2. The topological polar surface area (TPSA) is 44.8 Å². The second kappa shape index (κ2) is 10.9. The van der Waals surface area contributed by atoms with Crippen molar-refractivity contribution < 1.29 is 9.53 Å². The molecule has 0 radical (unpaired) electrons. The average Bonchev–Trinajstić information content (AvgIpc) is 3.17. The highest BCUT2D eigenvalue weighted by atomic mass is 16.5. The van der Waals surface area contributed by atoms with Gasteiger partial charge in [0.1, 0.15) is 5.75 Å². The third kappa shape index (κ3) is 5.56. The molecule has 0 bridgehead atoms. The Morgan fingerprint density at radius 1 is 0.944 bits per heavy atom. The third-order valence-corrected chi connectivity index (χ3v) is 7.28. The maximum atomic E-state index is 13.1. The number of hydrogen-bond donors (Lipinski definition) is 1. The summed E-state index contributed by atoms with van der Waals surface area (Å²) in [5.74, 6) is 7.76. The molecule has 0 aliphatic carbocycles. The summed E-state index contributed by atoms with van der Waals surface area (Å²) in [5.41, 5.74) is 5.40. The van der Waals surface area contributed by atoms with Crippen LogP contribution < -0.4 is 10.1 Å². The monoisotopic (exact) mass is 479 g/mol. The number of carbonyl (C=O) groups is 1. The number of methoxy groups -OCH3 is 1. The van der Waals surface area contributed by atoms with Crippen molar-refractivity contribution >= 4 is 11.7 Å². The van der Waals surface area contributed by atoms with E-state index in [2.05, 4.69) is 65.4 Å². The summed E-state index contributed by atoms with van der Waals surface area (Å²) >= 11 is 0. The van der Waals surface area contributed by atoms with E-state index in [1.54, 1.807) is 7.11 Å². The molecule has 1 N–H and O–H groups in total. The van der Waals surface area contributed by atoms with Gasteiger partial charge in [-0.05, 0) is 86.0 Å². The van der Waals surface area contributed by atoms with Crippen LogP contribution in [0.4, 0.5) is 10.5 Å². The van der Waals surface area contributed by atoms with Crippen molar-refractivity contribution in [3.05, 3.63) is 95.1 Å². The number of nitrogens with one attached hydrogen (secondary N) is 1. The summed E-state index contributed by atoms with van der Waals surface area (Å²) < 4.78 is 5.22. The highest BCUT2D eigenvalue weighted by Crippen LogP contribution is 2.35. The van der Waals surface area contributed by atoms with Gasteiger partial charge in [-0.2, -0.15) is 0 Å². The predicted molar refractivity (Wildman–Crippen MR) is 145 cm³/mol. The fraction of sp³-hybridized carbons (Fsp3) is 0.323. The number of rotatable bonds is 3. The summed E-state index contributed by atoms with van der Waals surface area (Å²) in [4.78, 5) is 17.7. The van der Waals surface area contributed by atoms with E-state index in [4.69, 9.17) is 4.74 Å². The van der Waals surface area contributed by atoms with Gasteiger partial charge >= 0.3 is 6.03 Å². The third-order valence-electron chi connectivity index (χ3n) is 7.28. The average molecular weight is 480 g/mol. The first-order chi connectivity index (χ1) is 17.6. The summed E-state index contributed by atoms with van der Waals surface area (Å²) in [6, 6.07) is 24.8. The molecule has 5 nitrogen and oxygen atoms in total. The van der Waals surface area contributed by atoms with Crippen molar-refractivity contribution in [1.82, 2.24) is 9.80 Å². The van der Waals surface area contributed by atoms with Crippen LogP contribution in [0.15, 0.2) is 72.8 Å². The van der Waals surface area contributed by atoms with Gasteiger partial charge in [-0.25, -0.2) is 4.79 Å². The van der Waals surface area contributed by atoms with Crippen LogP contribution in [-0.4, -0.2) is 55.2 Å². The van der Waals surface area contributed by atoms with Gasteiger partial charge in [0.15, 0.2) is 0 Å². The fourth-order valence-electron chi connectivity index (χ4n) is 5.35. The zero-order valence-corrected chi connectivity index (χ0v) is 21.0. The number of carbonyl (C=O) groups excluding carboxylic acids is 1. The van der Waals surface area contributed by atoms with E-state index < -0.39 is 0 Å². The van der Waals surface area contributed by atoms with Gasteiger partial charge in [0.25, 0.3) is 0 Å². The lowest BCUT2D eigenvalue weighted by Crippen LogP contribution is -2.43. The Morgan fingerprint density at radius 2 is 1.72 bits per heavy atom. The molecule has 5 heteroatoms. The minimum atomic E-state index is -0.0329. The minimum absolute atomic E-state index is 0.0329. The Kier molecular flexibility index (Phi) is 7.25. The van der Waals surface area contributed by atoms with Crippen LogP contribution in [0.5, 0.6) is 5.75 Å². The van der Waals surface area contributed by atoms with Gasteiger partial charge in [0, 0.05) is 48.4 Å². The van der Waals surface area contributed by atoms with Crippen LogP contribution in [0, 0.1) is 18.8 Å². The first-order valence-corrected chi connectivity index (χ1v) is 12.7. The first-order valence-electron chi connectivity index (χ1n) is 12.7. The minimum Gasteiger partial charge on any atom is -0.497 e. The number of benzene rings is 3. The van der Waals surface area contributed by atoms with E-state index in [1.165, 1.54) is 11.1 Å². The van der Waals surface area contributed by atoms with E-state index in [0.717, 1.165) is 61.6 Å². The number of amides is 2. The summed E-state index contributed by atoms with van der Waals surface area (Å²) in [5, 5.41) is 3.06. The number of anilines is 1. The van der Waals surface area contributed by atoms with E-state index in [9.17, 15) is 4.79 Å². The molecule has 3 aromatic rings. The molecule has 2 aliphatic rings. The molecule has 2 saturated heterocycles. The van der Waals surface area contributed by atoms with Gasteiger partial charge in [0.2, 0.25) is 0 Å². The number of urea groups is 1. The maximum absolute atomic E-state index is 13.1.